The zero-order valence-corrected chi connectivity index (χ0v) is 19.2. The van der Waals surface area contributed by atoms with Crippen LogP contribution in [0.2, 0.25) is 10.0 Å². The second-order valence-corrected chi connectivity index (χ2v) is 8.45. The Morgan fingerprint density at radius 1 is 0.969 bits per heavy atom. The van der Waals surface area contributed by atoms with Crippen LogP contribution in [0.15, 0.2) is 89.1 Å². The summed E-state index contributed by atoms with van der Waals surface area (Å²) in [4.78, 5) is 12.3. The van der Waals surface area contributed by atoms with Crippen LogP contribution in [0, 0.1) is 0 Å². The van der Waals surface area contributed by atoms with E-state index in [1.165, 1.54) is 6.92 Å². The molecule has 0 atom stereocenters. The molecule has 4 aromatic rings. The van der Waals surface area contributed by atoms with E-state index in [2.05, 4.69) is 20.7 Å². The normalized spacial score (nSPS) is 11.4. The van der Waals surface area contributed by atoms with Gasteiger partial charge in [0.05, 0.1) is 10.7 Å². The number of nitrogens with zero attached hydrogens (tertiary/aromatic N) is 4. The van der Waals surface area contributed by atoms with Crippen molar-refractivity contribution < 1.29 is 4.79 Å². The number of carbonyl (C=O) groups is 1. The van der Waals surface area contributed by atoms with E-state index in [1.54, 1.807) is 18.2 Å². The SMILES string of the molecule is CC(=O)/C(=N/Nc1ccc(Cl)cc1Cl)Sc1nnc(-c2ccccc2)n1-c1ccccc1. The Labute approximate surface area is 199 Å². The molecule has 32 heavy (non-hydrogen) atoms. The highest BCUT2D eigenvalue weighted by atomic mass is 35.5. The Morgan fingerprint density at radius 3 is 2.31 bits per heavy atom. The number of carbonyl (C=O) groups excluding carboxylic acids is 1. The first-order valence-electron chi connectivity index (χ1n) is 9.56. The number of hydrogen-bond acceptors (Lipinski definition) is 6. The molecule has 0 aliphatic heterocycles. The maximum Gasteiger partial charge on any atom is 0.202 e. The molecular weight excluding hydrogens is 465 g/mol. The van der Waals surface area contributed by atoms with E-state index in [1.807, 2.05) is 65.2 Å². The van der Waals surface area contributed by atoms with Crippen molar-refractivity contribution in [3.8, 4) is 17.1 Å². The van der Waals surface area contributed by atoms with Gasteiger partial charge < -0.3 is 0 Å². The van der Waals surface area contributed by atoms with E-state index in [0.29, 0.717) is 26.7 Å². The molecule has 160 valence electrons. The summed E-state index contributed by atoms with van der Waals surface area (Å²) in [5.74, 6) is 0.437. The van der Waals surface area contributed by atoms with Gasteiger partial charge in [-0.1, -0.05) is 71.7 Å². The largest absolute Gasteiger partial charge is 0.292 e. The summed E-state index contributed by atoms with van der Waals surface area (Å²) in [6, 6.07) is 24.4. The maximum atomic E-state index is 12.3. The molecule has 0 unspecified atom stereocenters. The lowest BCUT2D eigenvalue weighted by Crippen LogP contribution is -2.10. The maximum absolute atomic E-state index is 12.3. The van der Waals surface area contributed by atoms with Crippen molar-refractivity contribution >= 4 is 51.5 Å². The molecule has 0 spiro atoms. The van der Waals surface area contributed by atoms with Crippen LogP contribution in [-0.4, -0.2) is 25.6 Å². The van der Waals surface area contributed by atoms with E-state index in [0.717, 1.165) is 23.0 Å². The van der Waals surface area contributed by atoms with Crippen molar-refractivity contribution in [2.24, 2.45) is 5.10 Å². The third kappa shape index (κ3) is 5.02. The molecular formula is C23H17Cl2N5OS. The fourth-order valence-electron chi connectivity index (χ4n) is 2.87. The van der Waals surface area contributed by atoms with Crippen molar-refractivity contribution in [3.63, 3.8) is 0 Å². The van der Waals surface area contributed by atoms with Gasteiger partial charge in [-0.2, -0.15) is 5.10 Å². The monoisotopic (exact) mass is 481 g/mol. The van der Waals surface area contributed by atoms with E-state index in [9.17, 15) is 4.79 Å². The van der Waals surface area contributed by atoms with Crippen LogP contribution in [0.5, 0.6) is 0 Å². The van der Waals surface area contributed by atoms with Crippen molar-refractivity contribution in [1.82, 2.24) is 14.8 Å². The number of ketones is 1. The number of halogens is 2. The Bertz CT molecular complexity index is 1280. The molecule has 0 saturated heterocycles. The van der Waals surface area contributed by atoms with Gasteiger partial charge in [-0.3, -0.25) is 14.8 Å². The van der Waals surface area contributed by atoms with Crippen molar-refractivity contribution in [3.05, 3.63) is 88.9 Å². The highest BCUT2D eigenvalue weighted by Gasteiger charge is 2.20. The number of benzene rings is 3. The van der Waals surface area contributed by atoms with E-state index in [-0.39, 0.29) is 10.8 Å². The lowest BCUT2D eigenvalue weighted by molar-refractivity contribution is -0.110. The molecule has 0 aliphatic rings. The molecule has 0 amide bonds. The van der Waals surface area contributed by atoms with Crippen molar-refractivity contribution in [2.45, 2.75) is 12.1 Å². The number of hydrogen-bond donors (Lipinski definition) is 1. The first kappa shape index (κ1) is 22.1. The van der Waals surface area contributed by atoms with Crippen LogP contribution >= 0.6 is 35.0 Å². The number of thioether (sulfide) groups is 1. The van der Waals surface area contributed by atoms with Crippen LogP contribution in [-0.2, 0) is 4.79 Å². The molecule has 4 rings (SSSR count). The van der Waals surface area contributed by atoms with Gasteiger partial charge >= 0.3 is 0 Å². The molecule has 0 fully saturated rings. The Morgan fingerprint density at radius 2 is 1.66 bits per heavy atom. The Kier molecular flexibility index (Phi) is 6.90. The number of Topliss-reactive ketones (excluding diaryl/α,β-unsaturated/α-hetero) is 1. The molecule has 1 heterocycles. The van der Waals surface area contributed by atoms with Crippen LogP contribution in [0.3, 0.4) is 0 Å². The minimum atomic E-state index is -0.226. The van der Waals surface area contributed by atoms with Gasteiger partial charge in [-0.15, -0.1) is 10.2 Å². The molecule has 1 aromatic heterocycles. The van der Waals surface area contributed by atoms with Gasteiger partial charge in [0, 0.05) is 23.2 Å². The number of hydrazone groups is 1. The molecule has 9 heteroatoms. The Balaban J connectivity index is 1.72. The molecule has 0 bridgehead atoms. The van der Waals surface area contributed by atoms with Crippen LogP contribution in [0.25, 0.3) is 17.1 Å². The predicted molar refractivity (Wildman–Crippen MR) is 131 cm³/mol. The number of aromatic nitrogens is 3. The molecule has 1 N–H and O–H groups in total. The number of rotatable bonds is 6. The van der Waals surface area contributed by atoms with Gasteiger partial charge in [0.25, 0.3) is 0 Å². The molecule has 0 saturated carbocycles. The van der Waals surface area contributed by atoms with Gasteiger partial charge in [0.15, 0.2) is 16.7 Å². The number of anilines is 1. The lowest BCUT2D eigenvalue weighted by Gasteiger charge is -2.11. The fraction of sp³-hybridized carbons (Fsp3) is 0.0435. The molecule has 0 radical (unpaired) electrons. The van der Waals surface area contributed by atoms with Crippen LogP contribution in [0.1, 0.15) is 6.92 Å². The summed E-state index contributed by atoms with van der Waals surface area (Å²) in [6.07, 6.45) is 0. The van der Waals surface area contributed by atoms with Gasteiger partial charge in [0.2, 0.25) is 5.16 Å². The van der Waals surface area contributed by atoms with Crippen molar-refractivity contribution in [2.75, 3.05) is 5.43 Å². The highest BCUT2D eigenvalue weighted by Crippen LogP contribution is 2.30. The quantitative estimate of drug-likeness (QED) is 0.150. The van der Waals surface area contributed by atoms with Crippen LogP contribution in [0.4, 0.5) is 5.69 Å². The minimum Gasteiger partial charge on any atom is -0.292 e. The third-order valence-corrected chi connectivity index (χ3v) is 5.94. The van der Waals surface area contributed by atoms with Gasteiger partial charge in [0.1, 0.15) is 0 Å². The van der Waals surface area contributed by atoms with Crippen molar-refractivity contribution in [1.29, 1.82) is 0 Å². The average Bonchev–Trinajstić information content (AvgIpc) is 3.22. The highest BCUT2D eigenvalue weighted by molar-refractivity contribution is 8.15. The predicted octanol–water partition coefficient (Wildman–Crippen LogP) is 6.35. The summed E-state index contributed by atoms with van der Waals surface area (Å²) >= 11 is 13.3. The van der Waals surface area contributed by atoms with E-state index < -0.39 is 0 Å². The summed E-state index contributed by atoms with van der Waals surface area (Å²) < 4.78 is 1.90. The average molecular weight is 482 g/mol. The lowest BCUT2D eigenvalue weighted by atomic mass is 10.2. The summed E-state index contributed by atoms with van der Waals surface area (Å²) in [5.41, 5.74) is 5.15. The smallest absolute Gasteiger partial charge is 0.202 e. The summed E-state index contributed by atoms with van der Waals surface area (Å²) in [5, 5.41) is 14.6. The Hall–Kier alpha value is -3.13. The van der Waals surface area contributed by atoms with Crippen LogP contribution < -0.4 is 5.43 Å². The number of nitrogens with one attached hydrogen (secondary N) is 1. The van der Waals surface area contributed by atoms with E-state index in [4.69, 9.17) is 23.2 Å². The molecule has 3 aromatic carbocycles. The second-order valence-electron chi connectivity index (χ2n) is 6.65. The zero-order valence-electron chi connectivity index (χ0n) is 16.9. The topological polar surface area (TPSA) is 72.2 Å². The molecule has 6 nitrogen and oxygen atoms in total. The minimum absolute atomic E-state index is 0.209. The summed E-state index contributed by atoms with van der Waals surface area (Å²) in [7, 11) is 0. The van der Waals surface area contributed by atoms with Gasteiger partial charge in [-0.25, -0.2) is 0 Å². The first-order chi connectivity index (χ1) is 15.5. The first-order valence-corrected chi connectivity index (χ1v) is 11.1. The summed E-state index contributed by atoms with van der Waals surface area (Å²) in [6.45, 7) is 1.44. The fourth-order valence-corrected chi connectivity index (χ4v) is 4.09. The van der Waals surface area contributed by atoms with Gasteiger partial charge in [-0.05, 0) is 42.1 Å². The van der Waals surface area contributed by atoms with E-state index >= 15 is 0 Å². The standard InChI is InChI=1S/C23H17Cl2N5OS/c1-15(31)22(28-26-20-13-12-17(24)14-19(20)25)32-23-29-27-21(16-8-4-2-5-9-16)30(23)18-10-6-3-7-11-18/h2-14,26H,1H3/b28-22-. The zero-order chi connectivity index (χ0) is 22.5. The second kappa shape index (κ2) is 9.99. The third-order valence-electron chi connectivity index (χ3n) is 4.38. The number of para-hydroxylation sites is 1. The molecule has 0 aliphatic carbocycles.